The number of carbonyl (C=O) groups excluding carboxylic acids is 3. The molecule has 0 bridgehead atoms. The first kappa shape index (κ1) is 30.6. The van der Waals surface area contributed by atoms with Crippen LogP contribution in [0.5, 0.6) is 5.75 Å². The van der Waals surface area contributed by atoms with Gasteiger partial charge in [-0.2, -0.15) is 0 Å². The lowest BCUT2D eigenvalue weighted by Crippen LogP contribution is -2.55. The highest BCUT2D eigenvalue weighted by atomic mass is 16.5. The molecule has 2 rings (SSSR count). The topological polar surface area (TPSA) is 108 Å². The molecule has 0 aromatic heterocycles. The van der Waals surface area contributed by atoms with Crippen molar-refractivity contribution in [1.29, 1.82) is 0 Å². The van der Waals surface area contributed by atoms with Crippen LogP contribution in [-0.4, -0.2) is 66.6 Å². The maximum absolute atomic E-state index is 13.1. The first-order valence-corrected chi connectivity index (χ1v) is 14.0. The maximum atomic E-state index is 13.1. The van der Waals surface area contributed by atoms with Gasteiger partial charge >= 0.3 is 0 Å². The fourth-order valence-electron chi connectivity index (χ4n) is 5.03. The summed E-state index contributed by atoms with van der Waals surface area (Å²) in [5, 5.41) is 15.7. The van der Waals surface area contributed by atoms with E-state index in [2.05, 4.69) is 17.6 Å². The van der Waals surface area contributed by atoms with Gasteiger partial charge in [0.15, 0.2) is 0 Å². The normalized spacial score (nSPS) is 16.4. The Morgan fingerprint density at radius 2 is 1.78 bits per heavy atom. The highest BCUT2D eigenvalue weighted by Crippen LogP contribution is 2.31. The van der Waals surface area contributed by atoms with E-state index in [0.29, 0.717) is 19.1 Å². The van der Waals surface area contributed by atoms with Gasteiger partial charge in [-0.1, -0.05) is 57.7 Å². The van der Waals surface area contributed by atoms with Gasteiger partial charge in [0, 0.05) is 19.5 Å². The van der Waals surface area contributed by atoms with E-state index < -0.39 is 18.1 Å². The predicted molar refractivity (Wildman–Crippen MR) is 145 cm³/mol. The number of hydrogen-bond donors (Lipinski definition) is 3. The second-order valence-corrected chi connectivity index (χ2v) is 10.3. The zero-order chi connectivity index (χ0) is 27.2. The van der Waals surface area contributed by atoms with Gasteiger partial charge in [0.05, 0.1) is 19.3 Å². The first-order valence-electron chi connectivity index (χ1n) is 14.0. The largest absolute Gasteiger partial charge is 0.493 e. The van der Waals surface area contributed by atoms with E-state index in [-0.39, 0.29) is 24.3 Å². The molecule has 3 amide bonds. The number of amides is 3. The lowest BCUT2D eigenvalue weighted by molar-refractivity contribution is -0.147. The lowest BCUT2D eigenvalue weighted by atomic mass is 9.80. The summed E-state index contributed by atoms with van der Waals surface area (Å²) in [5.41, 5.74) is 1.11. The summed E-state index contributed by atoms with van der Waals surface area (Å²) in [6.45, 7) is 6.48. The minimum atomic E-state index is -1.06. The fraction of sp³-hybridized carbons (Fsp3) is 0.690. The third kappa shape index (κ3) is 9.99. The Morgan fingerprint density at radius 3 is 2.46 bits per heavy atom. The summed E-state index contributed by atoms with van der Waals surface area (Å²) >= 11 is 0. The van der Waals surface area contributed by atoms with Crippen molar-refractivity contribution in [1.82, 2.24) is 15.5 Å². The highest BCUT2D eigenvalue weighted by Gasteiger charge is 2.35. The number of rotatable bonds is 15. The van der Waals surface area contributed by atoms with Gasteiger partial charge < -0.3 is 25.4 Å². The summed E-state index contributed by atoms with van der Waals surface area (Å²) in [7, 11) is 1.56. The summed E-state index contributed by atoms with van der Waals surface area (Å²) in [5.74, 6) is 0.00291. The van der Waals surface area contributed by atoms with Crippen molar-refractivity contribution in [2.45, 2.75) is 90.7 Å². The molecule has 3 atom stereocenters. The molecule has 208 valence electrons. The van der Waals surface area contributed by atoms with Gasteiger partial charge in [-0.15, -0.1) is 0 Å². The molecule has 1 fully saturated rings. The van der Waals surface area contributed by atoms with E-state index in [9.17, 15) is 19.5 Å². The predicted octanol–water partition coefficient (Wildman–Crippen LogP) is 3.45. The van der Waals surface area contributed by atoms with E-state index in [1.54, 1.807) is 7.05 Å². The van der Waals surface area contributed by atoms with Crippen LogP contribution in [0.1, 0.15) is 77.7 Å². The van der Waals surface area contributed by atoms with E-state index in [1.807, 2.05) is 31.2 Å². The average Bonchev–Trinajstić information content (AvgIpc) is 2.90. The van der Waals surface area contributed by atoms with Crippen molar-refractivity contribution < 1.29 is 24.2 Å². The molecule has 8 heteroatoms. The molecule has 1 aliphatic carbocycles. The fourth-order valence-corrected chi connectivity index (χ4v) is 5.03. The molecule has 1 aromatic rings. The molecule has 0 heterocycles. The molecular formula is C29H47N3O5. The van der Waals surface area contributed by atoms with Crippen LogP contribution in [0.15, 0.2) is 24.3 Å². The number of hydrogen-bond acceptors (Lipinski definition) is 5. The number of carbonyl (C=O) groups is 3. The number of likely N-dealkylation sites (N-methyl/N-ethyl adjacent to an activating group) is 1. The molecule has 37 heavy (non-hydrogen) atoms. The molecule has 1 aromatic carbocycles. The van der Waals surface area contributed by atoms with Gasteiger partial charge in [0.1, 0.15) is 11.8 Å². The molecule has 0 spiro atoms. The van der Waals surface area contributed by atoms with Crippen LogP contribution in [0.4, 0.5) is 0 Å². The summed E-state index contributed by atoms with van der Waals surface area (Å²) in [6.07, 6.45) is 8.02. The van der Waals surface area contributed by atoms with Gasteiger partial charge in [0.25, 0.3) is 0 Å². The number of nitrogens with zero attached hydrogens (tertiary/aromatic N) is 1. The summed E-state index contributed by atoms with van der Waals surface area (Å²) in [4.78, 5) is 39.6. The van der Waals surface area contributed by atoms with Crippen LogP contribution < -0.4 is 15.4 Å². The van der Waals surface area contributed by atoms with Gasteiger partial charge in [-0.3, -0.25) is 14.4 Å². The van der Waals surface area contributed by atoms with Gasteiger partial charge in [-0.05, 0) is 56.6 Å². The van der Waals surface area contributed by atoms with Crippen molar-refractivity contribution in [2.75, 3.05) is 26.7 Å². The van der Waals surface area contributed by atoms with Crippen molar-refractivity contribution >= 4 is 17.7 Å². The number of nitrogens with one attached hydrogen (secondary N) is 2. The van der Waals surface area contributed by atoms with Crippen molar-refractivity contribution in [3.8, 4) is 5.75 Å². The van der Waals surface area contributed by atoms with Crippen molar-refractivity contribution in [3.63, 3.8) is 0 Å². The zero-order valence-corrected chi connectivity index (χ0v) is 23.1. The van der Waals surface area contributed by atoms with Crippen LogP contribution in [0.3, 0.4) is 0 Å². The average molecular weight is 518 g/mol. The Bertz CT molecular complexity index is 854. The SMILES string of the molecule is CCCCOc1ccccc1CCCNC(=O)CNC(=O)C(C(C)O)N(C)C(=O)C(C)C1CCCCC1. The van der Waals surface area contributed by atoms with E-state index in [1.165, 1.54) is 18.2 Å². The van der Waals surface area contributed by atoms with E-state index >= 15 is 0 Å². The number of ether oxygens (including phenoxy) is 1. The lowest BCUT2D eigenvalue weighted by Gasteiger charge is -2.34. The third-order valence-electron chi connectivity index (χ3n) is 7.33. The molecule has 0 saturated heterocycles. The Balaban J connectivity index is 1.77. The minimum absolute atomic E-state index is 0.142. The van der Waals surface area contributed by atoms with Crippen LogP contribution >= 0.6 is 0 Å². The third-order valence-corrected chi connectivity index (χ3v) is 7.33. The standard InChI is InChI=1S/C29H47N3O5/c1-5-6-19-37-25-17-11-10-15-24(25)16-12-18-30-26(34)20-31-28(35)27(22(3)33)32(4)29(36)21(2)23-13-8-7-9-14-23/h10-11,15,17,21-23,27,33H,5-9,12-14,16,18-20H2,1-4H3,(H,30,34)(H,31,35). The smallest absolute Gasteiger partial charge is 0.245 e. The van der Waals surface area contributed by atoms with E-state index in [0.717, 1.165) is 62.7 Å². The molecule has 0 radical (unpaired) electrons. The van der Waals surface area contributed by atoms with Crippen LogP contribution in [-0.2, 0) is 20.8 Å². The minimum Gasteiger partial charge on any atom is -0.493 e. The Kier molecular flexibility index (Phi) is 13.5. The molecular weight excluding hydrogens is 470 g/mol. The number of para-hydroxylation sites is 1. The van der Waals surface area contributed by atoms with Crippen molar-refractivity contribution in [3.05, 3.63) is 29.8 Å². The molecule has 1 saturated carbocycles. The number of aliphatic hydroxyl groups is 1. The summed E-state index contributed by atoms with van der Waals surface area (Å²) in [6, 6.07) is 6.89. The Labute approximate surface area is 222 Å². The highest BCUT2D eigenvalue weighted by molar-refractivity contribution is 5.91. The first-order chi connectivity index (χ1) is 17.8. The Morgan fingerprint density at radius 1 is 1.08 bits per heavy atom. The molecule has 3 unspecified atom stereocenters. The van der Waals surface area contributed by atoms with Gasteiger partial charge in [0.2, 0.25) is 17.7 Å². The maximum Gasteiger partial charge on any atom is 0.245 e. The van der Waals surface area contributed by atoms with Crippen LogP contribution in [0.2, 0.25) is 0 Å². The van der Waals surface area contributed by atoms with Crippen LogP contribution in [0, 0.1) is 11.8 Å². The summed E-state index contributed by atoms with van der Waals surface area (Å²) < 4.78 is 5.86. The van der Waals surface area contributed by atoms with Crippen LogP contribution in [0.25, 0.3) is 0 Å². The Hall–Kier alpha value is -2.61. The van der Waals surface area contributed by atoms with E-state index in [4.69, 9.17) is 4.74 Å². The van der Waals surface area contributed by atoms with Crippen molar-refractivity contribution in [2.24, 2.45) is 11.8 Å². The molecule has 8 nitrogen and oxygen atoms in total. The van der Waals surface area contributed by atoms with Gasteiger partial charge in [-0.25, -0.2) is 0 Å². The second kappa shape index (κ2) is 16.3. The number of aryl methyl sites for hydroxylation is 1. The number of benzene rings is 1. The molecule has 1 aliphatic rings. The second-order valence-electron chi connectivity index (χ2n) is 10.3. The molecule has 3 N–H and O–H groups in total. The quantitative estimate of drug-likeness (QED) is 0.309. The molecule has 0 aliphatic heterocycles. The zero-order valence-electron chi connectivity index (χ0n) is 23.1. The monoisotopic (exact) mass is 517 g/mol. The number of unbranched alkanes of at least 4 members (excludes halogenated alkanes) is 1. The number of aliphatic hydroxyl groups excluding tert-OH is 1.